The van der Waals surface area contributed by atoms with Gasteiger partial charge in [0.05, 0.1) is 5.92 Å². The monoisotopic (exact) mass is 224 g/mol. The number of likely N-dealkylation sites (tertiary alicyclic amines) is 1. The van der Waals surface area contributed by atoms with Gasteiger partial charge in [-0.3, -0.25) is 4.79 Å². The second-order valence-electron chi connectivity index (χ2n) is 5.72. The first-order valence-electron chi connectivity index (χ1n) is 6.64. The molecule has 1 N–H and O–H groups in total. The zero-order valence-corrected chi connectivity index (χ0v) is 10.6. The van der Waals surface area contributed by atoms with Crippen molar-refractivity contribution in [3.8, 4) is 0 Å². The summed E-state index contributed by atoms with van der Waals surface area (Å²) in [5.74, 6) is 0.642. The molecule has 2 rings (SSSR count). The van der Waals surface area contributed by atoms with E-state index in [0.29, 0.717) is 11.3 Å². The van der Waals surface area contributed by atoms with E-state index in [2.05, 4.69) is 24.1 Å². The van der Waals surface area contributed by atoms with Crippen LogP contribution in [-0.2, 0) is 4.79 Å². The molecule has 2 unspecified atom stereocenters. The molecule has 3 heteroatoms. The Morgan fingerprint density at radius 1 is 1.56 bits per heavy atom. The van der Waals surface area contributed by atoms with E-state index in [1.807, 2.05) is 0 Å². The molecular weight excluding hydrogens is 200 g/mol. The van der Waals surface area contributed by atoms with Crippen LogP contribution in [0.5, 0.6) is 0 Å². The van der Waals surface area contributed by atoms with Gasteiger partial charge in [-0.05, 0) is 37.6 Å². The van der Waals surface area contributed by atoms with Gasteiger partial charge >= 0.3 is 0 Å². The summed E-state index contributed by atoms with van der Waals surface area (Å²) in [4.78, 5) is 14.4. The van der Waals surface area contributed by atoms with E-state index in [4.69, 9.17) is 0 Å². The molecule has 0 spiro atoms. The highest BCUT2D eigenvalue weighted by Gasteiger charge is 2.34. The number of carbonyl (C=O) groups excluding carboxylic acids is 1. The largest absolute Gasteiger partial charge is 0.342 e. The maximum absolute atomic E-state index is 12.3. The Labute approximate surface area is 98.6 Å². The van der Waals surface area contributed by atoms with Crippen molar-refractivity contribution in [3.05, 3.63) is 0 Å². The minimum atomic E-state index is 0.249. The van der Waals surface area contributed by atoms with Crippen molar-refractivity contribution in [3.63, 3.8) is 0 Å². The van der Waals surface area contributed by atoms with E-state index in [-0.39, 0.29) is 5.92 Å². The molecule has 0 radical (unpaired) electrons. The minimum absolute atomic E-state index is 0.249. The topological polar surface area (TPSA) is 32.3 Å². The Hall–Kier alpha value is -0.570. The van der Waals surface area contributed by atoms with Gasteiger partial charge in [-0.1, -0.05) is 13.8 Å². The number of piperidine rings is 1. The average Bonchev–Trinajstić information content (AvgIpc) is 2.82. The van der Waals surface area contributed by atoms with E-state index in [1.165, 1.54) is 19.3 Å². The van der Waals surface area contributed by atoms with Crippen LogP contribution in [0.15, 0.2) is 0 Å². The molecule has 2 fully saturated rings. The fraction of sp³-hybridized carbons (Fsp3) is 0.923. The number of nitrogens with one attached hydrogen (secondary N) is 1. The fourth-order valence-corrected chi connectivity index (χ4v) is 2.92. The molecule has 2 saturated heterocycles. The number of hydrogen-bond acceptors (Lipinski definition) is 2. The Kier molecular flexibility index (Phi) is 3.53. The van der Waals surface area contributed by atoms with E-state index >= 15 is 0 Å². The summed E-state index contributed by atoms with van der Waals surface area (Å²) in [6, 6.07) is 0. The molecule has 0 aliphatic carbocycles. The zero-order valence-electron chi connectivity index (χ0n) is 10.6. The molecule has 92 valence electrons. The van der Waals surface area contributed by atoms with Crippen molar-refractivity contribution >= 4 is 5.91 Å². The van der Waals surface area contributed by atoms with E-state index < -0.39 is 0 Å². The van der Waals surface area contributed by atoms with Gasteiger partial charge in [0.2, 0.25) is 5.91 Å². The highest BCUT2D eigenvalue weighted by Crippen LogP contribution is 2.33. The molecule has 2 aliphatic heterocycles. The SMILES string of the molecule is CCC1(C)CCCN(C(=O)C2CCNC2)C1. The van der Waals surface area contributed by atoms with Crippen molar-refractivity contribution in [2.75, 3.05) is 26.2 Å². The predicted octanol–water partition coefficient (Wildman–Crippen LogP) is 1.63. The van der Waals surface area contributed by atoms with Crippen LogP contribution in [-0.4, -0.2) is 37.0 Å². The normalized spacial score (nSPS) is 35.4. The smallest absolute Gasteiger partial charge is 0.227 e. The lowest BCUT2D eigenvalue weighted by atomic mass is 9.79. The number of rotatable bonds is 2. The van der Waals surface area contributed by atoms with Gasteiger partial charge < -0.3 is 10.2 Å². The predicted molar refractivity (Wildman–Crippen MR) is 65.2 cm³/mol. The summed E-state index contributed by atoms with van der Waals surface area (Å²) in [6.07, 6.45) is 4.66. The molecule has 0 aromatic carbocycles. The maximum Gasteiger partial charge on any atom is 0.227 e. The third-order valence-electron chi connectivity index (χ3n) is 4.36. The van der Waals surface area contributed by atoms with E-state index in [0.717, 1.165) is 32.6 Å². The molecule has 1 amide bonds. The van der Waals surface area contributed by atoms with Crippen LogP contribution < -0.4 is 5.32 Å². The molecule has 2 aliphatic rings. The van der Waals surface area contributed by atoms with Gasteiger partial charge in [0, 0.05) is 19.6 Å². The summed E-state index contributed by atoms with van der Waals surface area (Å²) in [5, 5.41) is 3.28. The van der Waals surface area contributed by atoms with Gasteiger partial charge in [0.25, 0.3) is 0 Å². The first-order chi connectivity index (χ1) is 7.64. The highest BCUT2D eigenvalue weighted by molar-refractivity contribution is 5.79. The standard InChI is InChI=1S/C13H24N2O/c1-3-13(2)6-4-8-15(10-13)12(16)11-5-7-14-9-11/h11,14H,3-10H2,1-2H3. The lowest BCUT2D eigenvalue weighted by Gasteiger charge is -2.41. The quantitative estimate of drug-likeness (QED) is 0.773. The molecule has 3 nitrogen and oxygen atoms in total. The minimum Gasteiger partial charge on any atom is -0.342 e. The van der Waals surface area contributed by atoms with E-state index in [9.17, 15) is 4.79 Å². The Morgan fingerprint density at radius 2 is 2.38 bits per heavy atom. The molecule has 0 bridgehead atoms. The third-order valence-corrected chi connectivity index (χ3v) is 4.36. The van der Waals surface area contributed by atoms with Crippen molar-refractivity contribution in [2.24, 2.45) is 11.3 Å². The zero-order chi connectivity index (χ0) is 11.6. The van der Waals surface area contributed by atoms with Gasteiger partial charge in [0.1, 0.15) is 0 Å². The summed E-state index contributed by atoms with van der Waals surface area (Å²) < 4.78 is 0. The second-order valence-corrected chi connectivity index (χ2v) is 5.72. The second kappa shape index (κ2) is 4.74. The Morgan fingerprint density at radius 3 is 3.00 bits per heavy atom. The van der Waals surface area contributed by atoms with Crippen LogP contribution in [0.3, 0.4) is 0 Å². The maximum atomic E-state index is 12.3. The lowest BCUT2D eigenvalue weighted by molar-refractivity contribution is -0.138. The Bertz CT molecular complexity index is 261. The summed E-state index contributed by atoms with van der Waals surface area (Å²) in [6.45, 7) is 8.40. The molecule has 0 aromatic rings. The fourth-order valence-electron chi connectivity index (χ4n) is 2.92. The van der Waals surface area contributed by atoms with Crippen LogP contribution in [0, 0.1) is 11.3 Å². The van der Waals surface area contributed by atoms with Crippen LogP contribution in [0.25, 0.3) is 0 Å². The average molecular weight is 224 g/mol. The lowest BCUT2D eigenvalue weighted by Crippen LogP contribution is -2.47. The number of nitrogens with zero attached hydrogens (tertiary/aromatic N) is 1. The molecular formula is C13H24N2O. The van der Waals surface area contributed by atoms with Crippen molar-refractivity contribution < 1.29 is 4.79 Å². The number of hydrogen-bond donors (Lipinski definition) is 1. The first-order valence-corrected chi connectivity index (χ1v) is 6.64. The first kappa shape index (κ1) is 11.9. The van der Waals surface area contributed by atoms with Crippen LogP contribution >= 0.6 is 0 Å². The molecule has 2 heterocycles. The highest BCUT2D eigenvalue weighted by atomic mass is 16.2. The molecule has 16 heavy (non-hydrogen) atoms. The molecule has 2 atom stereocenters. The van der Waals surface area contributed by atoms with Gasteiger partial charge in [-0.25, -0.2) is 0 Å². The number of amides is 1. The van der Waals surface area contributed by atoms with Crippen LogP contribution in [0.1, 0.15) is 39.5 Å². The molecule has 0 aromatic heterocycles. The summed E-state index contributed by atoms with van der Waals surface area (Å²) in [5.41, 5.74) is 0.361. The number of carbonyl (C=O) groups is 1. The summed E-state index contributed by atoms with van der Waals surface area (Å²) >= 11 is 0. The van der Waals surface area contributed by atoms with Crippen molar-refractivity contribution in [1.82, 2.24) is 10.2 Å². The van der Waals surface area contributed by atoms with Gasteiger partial charge in [-0.2, -0.15) is 0 Å². The Balaban J connectivity index is 1.95. The van der Waals surface area contributed by atoms with Gasteiger partial charge in [0.15, 0.2) is 0 Å². The van der Waals surface area contributed by atoms with Crippen LogP contribution in [0.4, 0.5) is 0 Å². The van der Waals surface area contributed by atoms with Gasteiger partial charge in [-0.15, -0.1) is 0 Å². The molecule has 0 saturated carbocycles. The summed E-state index contributed by atoms with van der Waals surface area (Å²) in [7, 11) is 0. The van der Waals surface area contributed by atoms with E-state index in [1.54, 1.807) is 0 Å². The van der Waals surface area contributed by atoms with Crippen molar-refractivity contribution in [1.29, 1.82) is 0 Å². The third kappa shape index (κ3) is 2.40. The van der Waals surface area contributed by atoms with Crippen LogP contribution in [0.2, 0.25) is 0 Å². The van der Waals surface area contributed by atoms with Crippen molar-refractivity contribution in [2.45, 2.75) is 39.5 Å².